The lowest BCUT2D eigenvalue weighted by atomic mass is 10.1. The van der Waals surface area contributed by atoms with Crippen LogP contribution in [0.2, 0.25) is 0 Å². The minimum Gasteiger partial charge on any atom is -0.478 e. The Bertz CT molecular complexity index is 651. The normalized spacial score (nSPS) is 10.7. The van der Waals surface area contributed by atoms with Gasteiger partial charge in [-0.2, -0.15) is 0 Å². The maximum Gasteiger partial charge on any atom is 0.354 e. The highest BCUT2D eigenvalue weighted by Gasteiger charge is 2.16. The zero-order valence-electron chi connectivity index (χ0n) is 13.2. The summed E-state index contributed by atoms with van der Waals surface area (Å²) in [6.45, 7) is 0. The fraction of sp³-hybridized carbons (Fsp3) is 0.267. The molecule has 0 amide bonds. The van der Waals surface area contributed by atoms with E-state index in [1.165, 1.54) is 13.2 Å². The number of carboxylic acids is 1. The molecule has 1 rings (SSSR count). The zero-order chi connectivity index (χ0) is 17.6. The van der Waals surface area contributed by atoms with Crippen LogP contribution in [0.5, 0.6) is 0 Å². The Morgan fingerprint density at radius 2 is 1.83 bits per heavy atom. The van der Waals surface area contributed by atoms with Crippen LogP contribution in [-0.2, 0) is 19.1 Å². The number of esters is 2. The molecule has 0 fully saturated rings. The average molecular weight is 322 g/mol. The van der Waals surface area contributed by atoms with Gasteiger partial charge in [0.05, 0.1) is 31.5 Å². The van der Waals surface area contributed by atoms with Crippen LogP contribution < -0.4 is 10.2 Å². The van der Waals surface area contributed by atoms with Gasteiger partial charge in [0, 0.05) is 19.8 Å². The first-order valence-electron chi connectivity index (χ1n) is 6.49. The number of anilines is 2. The highest BCUT2D eigenvalue weighted by molar-refractivity contribution is 6.00. The third-order valence-electron chi connectivity index (χ3n) is 2.86. The smallest absolute Gasteiger partial charge is 0.354 e. The number of carbonyl (C=O) groups excluding carboxylic acids is 2. The Morgan fingerprint density at radius 1 is 1.17 bits per heavy atom. The summed E-state index contributed by atoms with van der Waals surface area (Å²) >= 11 is 0. The van der Waals surface area contributed by atoms with Crippen LogP contribution in [-0.4, -0.2) is 51.3 Å². The number of nitrogens with one attached hydrogen (secondary N) is 1. The van der Waals surface area contributed by atoms with Gasteiger partial charge in [-0.15, -0.1) is 0 Å². The lowest BCUT2D eigenvalue weighted by Gasteiger charge is -2.17. The van der Waals surface area contributed by atoms with E-state index in [1.807, 2.05) is 0 Å². The minimum atomic E-state index is -1.12. The number of carboxylic acid groups (broad SMARTS) is 1. The molecule has 0 aliphatic heterocycles. The summed E-state index contributed by atoms with van der Waals surface area (Å²) in [6, 6.07) is 4.51. The van der Waals surface area contributed by atoms with E-state index in [-0.39, 0.29) is 11.3 Å². The molecule has 0 aliphatic rings. The molecule has 0 saturated heterocycles. The van der Waals surface area contributed by atoms with Crippen LogP contribution in [0.4, 0.5) is 11.4 Å². The number of aromatic carboxylic acids is 1. The fourth-order valence-electron chi connectivity index (χ4n) is 1.76. The van der Waals surface area contributed by atoms with E-state index in [0.29, 0.717) is 11.4 Å². The number of hydrogen-bond acceptors (Lipinski definition) is 7. The number of hydrogen-bond donors (Lipinski definition) is 2. The summed E-state index contributed by atoms with van der Waals surface area (Å²) in [4.78, 5) is 36.0. The van der Waals surface area contributed by atoms with Crippen LogP contribution in [0.25, 0.3) is 0 Å². The minimum absolute atomic E-state index is 0.0438. The maximum atomic E-state index is 11.7. The highest BCUT2D eigenvalue weighted by atomic mass is 16.5. The molecule has 124 valence electrons. The Morgan fingerprint density at radius 3 is 2.30 bits per heavy atom. The topological polar surface area (TPSA) is 105 Å². The van der Waals surface area contributed by atoms with Gasteiger partial charge in [-0.05, 0) is 18.2 Å². The molecule has 8 nitrogen and oxygen atoms in total. The predicted octanol–water partition coefficient (Wildman–Crippen LogP) is 1.09. The fourth-order valence-corrected chi connectivity index (χ4v) is 1.76. The van der Waals surface area contributed by atoms with Crippen molar-refractivity contribution in [2.45, 2.75) is 0 Å². The highest BCUT2D eigenvalue weighted by Crippen LogP contribution is 2.24. The third kappa shape index (κ3) is 4.73. The van der Waals surface area contributed by atoms with Crippen molar-refractivity contribution in [1.82, 2.24) is 0 Å². The van der Waals surface area contributed by atoms with Crippen LogP contribution in [0.3, 0.4) is 0 Å². The van der Waals surface area contributed by atoms with Crippen molar-refractivity contribution in [3.63, 3.8) is 0 Å². The maximum absolute atomic E-state index is 11.7. The standard InChI is InChI=1S/C15H18N2O6/c1-17(2)12-6-5-9(7-10(12)14(19)20)16-11(15(21)23-4)8-13(18)22-3/h5-8,16H,1-4H3,(H,19,20)/b11-8+. The van der Waals surface area contributed by atoms with Crippen molar-refractivity contribution in [3.8, 4) is 0 Å². The molecule has 0 aliphatic carbocycles. The number of methoxy groups -OCH3 is 2. The van der Waals surface area contributed by atoms with Crippen molar-refractivity contribution in [2.75, 3.05) is 38.5 Å². The van der Waals surface area contributed by atoms with Gasteiger partial charge in [-0.25, -0.2) is 14.4 Å². The summed E-state index contributed by atoms with van der Waals surface area (Å²) in [5.41, 5.74) is 0.684. The lowest BCUT2D eigenvalue weighted by molar-refractivity contribution is -0.138. The van der Waals surface area contributed by atoms with Crippen molar-refractivity contribution < 1.29 is 29.0 Å². The van der Waals surface area contributed by atoms with E-state index in [0.717, 1.165) is 13.2 Å². The number of benzene rings is 1. The summed E-state index contributed by atoms with van der Waals surface area (Å²) in [5, 5.41) is 11.9. The van der Waals surface area contributed by atoms with Gasteiger partial charge in [0.15, 0.2) is 0 Å². The van der Waals surface area contributed by atoms with E-state index in [4.69, 9.17) is 0 Å². The van der Waals surface area contributed by atoms with E-state index in [1.54, 1.807) is 31.1 Å². The summed E-state index contributed by atoms with van der Waals surface area (Å²) in [6.07, 6.45) is 0.923. The Balaban J connectivity index is 3.22. The predicted molar refractivity (Wildman–Crippen MR) is 83.5 cm³/mol. The molecule has 0 aromatic heterocycles. The second-order valence-corrected chi connectivity index (χ2v) is 4.63. The van der Waals surface area contributed by atoms with Gasteiger partial charge in [-0.3, -0.25) is 0 Å². The van der Waals surface area contributed by atoms with Gasteiger partial charge >= 0.3 is 17.9 Å². The van der Waals surface area contributed by atoms with Crippen molar-refractivity contribution >= 4 is 29.3 Å². The molecule has 1 aromatic rings. The molecule has 23 heavy (non-hydrogen) atoms. The summed E-state index contributed by atoms with van der Waals surface area (Å²) in [7, 11) is 5.76. The Labute approximate surface area is 133 Å². The molecule has 0 saturated carbocycles. The molecule has 0 spiro atoms. The van der Waals surface area contributed by atoms with E-state index in [9.17, 15) is 19.5 Å². The lowest BCUT2D eigenvalue weighted by Crippen LogP contribution is -2.17. The van der Waals surface area contributed by atoms with Crippen molar-refractivity contribution in [3.05, 3.63) is 35.5 Å². The monoisotopic (exact) mass is 322 g/mol. The third-order valence-corrected chi connectivity index (χ3v) is 2.86. The van der Waals surface area contributed by atoms with Gasteiger partial charge in [0.2, 0.25) is 0 Å². The van der Waals surface area contributed by atoms with E-state index in [2.05, 4.69) is 14.8 Å². The van der Waals surface area contributed by atoms with Crippen molar-refractivity contribution in [2.24, 2.45) is 0 Å². The van der Waals surface area contributed by atoms with Crippen LogP contribution in [0, 0.1) is 0 Å². The number of nitrogens with zero attached hydrogens (tertiary/aromatic N) is 1. The second-order valence-electron chi connectivity index (χ2n) is 4.63. The van der Waals surface area contributed by atoms with Gasteiger partial charge in [-0.1, -0.05) is 0 Å². The number of rotatable bonds is 6. The largest absolute Gasteiger partial charge is 0.478 e. The summed E-state index contributed by atoms with van der Waals surface area (Å²) < 4.78 is 9.03. The Hall–Kier alpha value is -3.03. The van der Waals surface area contributed by atoms with E-state index < -0.39 is 17.9 Å². The molecule has 0 radical (unpaired) electrons. The molecule has 0 atom stereocenters. The first-order chi connectivity index (χ1) is 10.8. The SMILES string of the molecule is COC(=O)/C=C(/Nc1ccc(N(C)C)c(C(=O)O)c1)C(=O)OC. The van der Waals surface area contributed by atoms with Gasteiger partial charge < -0.3 is 24.8 Å². The molecule has 0 heterocycles. The zero-order valence-corrected chi connectivity index (χ0v) is 13.2. The average Bonchev–Trinajstić information content (AvgIpc) is 2.52. The first-order valence-corrected chi connectivity index (χ1v) is 6.49. The quantitative estimate of drug-likeness (QED) is 0.592. The molecule has 0 bridgehead atoms. The Kier molecular flexibility index (Phi) is 6.13. The van der Waals surface area contributed by atoms with Crippen LogP contribution in [0.15, 0.2) is 30.0 Å². The molecular formula is C15H18N2O6. The molecule has 1 aromatic carbocycles. The molecule has 8 heteroatoms. The second kappa shape index (κ2) is 7.83. The number of ether oxygens (including phenoxy) is 2. The number of carbonyl (C=O) groups is 3. The van der Waals surface area contributed by atoms with Crippen LogP contribution in [0.1, 0.15) is 10.4 Å². The van der Waals surface area contributed by atoms with Gasteiger partial charge in [0.25, 0.3) is 0 Å². The molecular weight excluding hydrogens is 304 g/mol. The van der Waals surface area contributed by atoms with Crippen molar-refractivity contribution in [1.29, 1.82) is 0 Å². The molecule has 0 unspecified atom stereocenters. The van der Waals surface area contributed by atoms with Crippen LogP contribution >= 0.6 is 0 Å². The first kappa shape index (κ1) is 18.0. The van der Waals surface area contributed by atoms with E-state index >= 15 is 0 Å². The van der Waals surface area contributed by atoms with Gasteiger partial charge in [0.1, 0.15) is 5.70 Å². The molecule has 2 N–H and O–H groups in total. The summed E-state index contributed by atoms with van der Waals surface area (Å²) in [5.74, 6) is -2.65.